The van der Waals surface area contributed by atoms with Crippen LogP contribution in [0.5, 0.6) is 0 Å². The Morgan fingerprint density at radius 1 is 1.18 bits per heavy atom. The molecule has 0 spiro atoms. The normalized spacial score (nSPS) is 25.3. The van der Waals surface area contributed by atoms with Crippen LogP contribution in [0.4, 0.5) is 0 Å². The second kappa shape index (κ2) is 6.58. The lowest BCUT2D eigenvalue weighted by Gasteiger charge is -2.38. The number of amidine groups is 1. The molecule has 0 N–H and O–H groups in total. The second-order valence-electron chi connectivity index (χ2n) is 7.87. The lowest BCUT2D eigenvalue weighted by molar-refractivity contribution is -0.130. The molecule has 7 heteroatoms. The molecule has 0 aromatic heterocycles. The minimum atomic E-state index is -3.52. The molecule has 1 atom stereocenters. The number of carbonyl (C=O) groups is 1. The number of fused-ring (bicyclic) bond motifs is 2. The Morgan fingerprint density at radius 3 is 2.82 bits per heavy atom. The van der Waals surface area contributed by atoms with Gasteiger partial charge >= 0.3 is 0 Å². The Kier molecular flexibility index (Phi) is 4.16. The van der Waals surface area contributed by atoms with Crippen LogP contribution in [0.2, 0.25) is 0 Å². The second-order valence-corrected chi connectivity index (χ2v) is 9.62. The van der Waals surface area contributed by atoms with E-state index in [4.69, 9.17) is 0 Å². The Hall–Kier alpha value is -2.41. The first-order valence-corrected chi connectivity index (χ1v) is 11.5. The van der Waals surface area contributed by atoms with E-state index in [2.05, 4.69) is 22.6 Å². The summed E-state index contributed by atoms with van der Waals surface area (Å²) in [6, 6.07) is 8.65. The maximum Gasteiger partial charge on any atom is 0.258 e. The minimum Gasteiger partial charge on any atom is -0.331 e. The van der Waals surface area contributed by atoms with E-state index in [-0.39, 0.29) is 29.6 Å². The molecule has 0 saturated heterocycles. The van der Waals surface area contributed by atoms with Crippen LogP contribution < -0.4 is 0 Å². The Labute approximate surface area is 165 Å². The summed E-state index contributed by atoms with van der Waals surface area (Å²) >= 11 is 0. The van der Waals surface area contributed by atoms with Gasteiger partial charge in [-0.1, -0.05) is 24.3 Å². The minimum absolute atomic E-state index is 0.0232. The SMILES string of the molecule is O=C(C1=CC=CN2CCS(=O)(=O)N=C12)N(C1CC1)C1CCCc2ccccc21. The number of rotatable bonds is 3. The van der Waals surface area contributed by atoms with Crippen molar-refractivity contribution in [2.75, 3.05) is 12.3 Å². The van der Waals surface area contributed by atoms with Crippen molar-refractivity contribution in [3.05, 3.63) is 59.3 Å². The van der Waals surface area contributed by atoms with Gasteiger partial charge in [0.15, 0.2) is 5.84 Å². The van der Waals surface area contributed by atoms with Crippen LogP contribution in [0, 0.1) is 0 Å². The van der Waals surface area contributed by atoms with Gasteiger partial charge in [-0.3, -0.25) is 4.79 Å². The molecule has 28 heavy (non-hydrogen) atoms. The molecule has 1 aromatic rings. The van der Waals surface area contributed by atoms with Crippen molar-refractivity contribution >= 4 is 21.8 Å². The predicted octanol–water partition coefficient (Wildman–Crippen LogP) is 2.55. The first-order chi connectivity index (χ1) is 13.5. The van der Waals surface area contributed by atoms with Crippen molar-refractivity contribution in [2.24, 2.45) is 4.40 Å². The van der Waals surface area contributed by atoms with E-state index in [0.29, 0.717) is 12.1 Å². The van der Waals surface area contributed by atoms with Gasteiger partial charge in [0.2, 0.25) is 0 Å². The van der Waals surface area contributed by atoms with Gasteiger partial charge in [0, 0.05) is 18.8 Å². The van der Waals surface area contributed by atoms with Crippen LogP contribution in [0.25, 0.3) is 0 Å². The summed E-state index contributed by atoms with van der Waals surface area (Å²) in [7, 11) is -3.52. The number of amides is 1. The highest BCUT2D eigenvalue weighted by atomic mass is 32.2. The quantitative estimate of drug-likeness (QED) is 0.786. The molecule has 1 aromatic carbocycles. The molecule has 4 aliphatic rings. The highest BCUT2D eigenvalue weighted by Gasteiger charge is 2.42. The molecule has 5 rings (SSSR count). The van der Waals surface area contributed by atoms with E-state index in [0.717, 1.165) is 32.1 Å². The third kappa shape index (κ3) is 3.07. The summed E-state index contributed by atoms with van der Waals surface area (Å²) in [6.45, 7) is 0.331. The van der Waals surface area contributed by atoms with Crippen molar-refractivity contribution in [1.82, 2.24) is 9.80 Å². The largest absolute Gasteiger partial charge is 0.331 e. The number of carbonyl (C=O) groups excluding carboxylic acids is 1. The van der Waals surface area contributed by atoms with E-state index in [1.165, 1.54) is 11.1 Å². The zero-order valence-electron chi connectivity index (χ0n) is 15.6. The summed E-state index contributed by atoms with van der Waals surface area (Å²) in [5.74, 6) is 0.146. The van der Waals surface area contributed by atoms with Crippen molar-refractivity contribution in [3.8, 4) is 0 Å². The highest BCUT2D eigenvalue weighted by Crippen LogP contribution is 2.42. The highest BCUT2D eigenvalue weighted by molar-refractivity contribution is 7.90. The smallest absolute Gasteiger partial charge is 0.258 e. The van der Waals surface area contributed by atoms with E-state index in [9.17, 15) is 13.2 Å². The van der Waals surface area contributed by atoms with Crippen LogP contribution in [0.3, 0.4) is 0 Å². The molecule has 2 heterocycles. The zero-order chi connectivity index (χ0) is 19.3. The monoisotopic (exact) mass is 397 g/mol. The standard InChI is InChI=1S/C21H23N3O3S/c25-21(18-8-4-12-23-13-14-28(26,27)22-20(18)23)24(16-10-11-16)19-9-3-6-15-5-1-2-7-17(15)19/h1-2,4-5,7-8,12,16,19H,3,6,9-11,13-14H2. The van der Waals surface area contributed by atoms with Crippen molar-refractivity contribution in [1.29, 1.82) is 0 Å². The molecule has 6 nitrogen and oxygen atoms in total. The van der Waals surface area contributed by atoms with E-state index in [1.54, 1.807) is 17.2 Å². The number of hydrogen-bond donors (Lipinski definition) is 0. The molecule has 146 valence electrons. The van der Waals surface area contributed by atoms with Crippen LogP contribution in [0.15, 0.2) is 52.6 Å². The van der Waals surface area contributed by atoms with Gasteiger partial charge in [-0.05, 0) is 55.4 Å². The third-order valence-corrected chi connectivity index (χ3v) is 7.09. The molecular weight excluding hydrogens is 374 g/mol. The summed E-state index contributed by atoms with van der Waals surface area (Å²) < 4.78 is 28.1. The average molecular weight is 398 g/mol. The molecule has 1 saturated carbocycles. The predicted molar refractivity (Wildman–Crippen MR) is 107 cm³/mol. The first kappa shape index (κ1) is 17.7. The summed E-state index contributed by atoms with van der Waals surface area (Å²) in [5.41, 5.74) is 2.94. The summed E-state index contributed by atoms with van der Waals surface area (Å²) in [5, 5.41) is 0. The fourth-order valence-electron chi connectivity index (χ4n) is 4.45. The van der Waals surface area contributed by atoms with E-state index in [1.807, 2.05) is 17.0 Å². The van der Waals surface area contributed by atoms with E-state index >= 15 is 0 Å². The van der Waals surface area contributed by atoms with E-state index < -0.39 is 10.0 Å². The third-order valence-electron chi connectivity index (χ3n) is 5.94. The van der Waals surface area contributed by atoms with Crippen molar-refractivity contribution in [2.45, 2.75) is 44.2 Å². The van der Waals surface area contributed by atoms with Crippen LogP contribution >= 0.6 is 0 Å². The van der Waals surface area contributed by atoms with Gasteiger partial charge < -0.3 is 9.80 Å². The summed E-state index contributed by atoms with van der Waals surface area (Å²) in [6.07, 6.45) is 10.4. The van der Waals surface area contributed by atoms with Gasteiger partial charge in [0.05, 0.1) is 17.4 Å². The van der Waals surface area contributed by atoms with Crippen molar-refractivity contribution in [3.63, 3.8) is 0 Å². The van der Waals surface area contributed by atoms with Crippen LogP contribution in [-0.4, -0.2) is 48.3 Å². The first-order valence-electron chi connectivity index (χ1n) is 9.92. The number of hydrogen-bond acceptors (Lipinski definition) is 4. The molecule has 1 unspecified atom stereocenters. The topological polar surface area (TPSA) is 70.0 Å². The number of sulfonamides is 1. The lowest BCUT2D eigenvalue weighted by atomic mass is 9.86. The zero-order valence-corrected chi connectivity index (χ0v) is 16.4. The fraction of sp³-hybridized carbons (Fsp3) is 0.429. The average Bonchev–Trinajstić information content (AvgIpc) is 3.52. The Bertz CT molecular complexity index is 1020. The van der Waals surface area contributed by atoms with Crippen LogP contribution in [-0.2, 0) is 21.2 Å². The Morgan fingerprint density at radius 2 is 2.00 bits per heavy atom. The lowest BCUT2D eigenvalue weighted by Crippen LogP contribution is -2.45. The van der Waals surface area contributed by atoms with Crippen molar-refractivity contribution < 1.29 is 13.2 Å². The maximum atomic E-state index is 13.7. The molecule has 2 aliphatic heterocycles. The summed E-state index contributed by atoms with van der Waals surface area (Å²) in [4.78, 5) is 17.5. The molecule has 0 bridgehead atoms. The molecular formula is C21H23N3O3S. The number of allylic oxidation sites excluding steroid dienone is 2. The molecule has 1 fully saturated rings. The molecule has 0 radical (unpaired) electrons. The van der Waals surface area contributed by atoms with Crippen LogP contribution in [0.1, 0.15) is 42.9 Å². The fourth-order valence-corrected chi connectivity index (χ4v) is 5.44. The Balaban J connectivity index is 1.54. The number of nitrogens with zero attached hydrogens (tertiary/aromatic N) is 3. The number of benzene rings is 1. The molecule has 1 amide bonds. The molecule has 2 aliphatic carbocycles. The van der Waals surface area contributed by atoms with Gasteiger partial charge in [0.25, 0.3) is 15.9 Å². The van der Waals surface area contributed by atoms with Gasteiger partial charge in [-0.15, -0.1) is 4.40 Å². The van der Waals surface area contributed by atoms with Gasteiger partial charge in [-0.2, -0.15) is 0 Å². The number of aryl methyl sites for hydroxylation is 1. The van der Waals surface area contributed by atoms with Gasteiger partial charge in [0.1, 0.15) is 0 Å². The van der Waals surface area contributed by atoms with Gasteiger partial charge in [-0.25, -0.2) is 8.42 Å². The maximum absolute atomic E-state index is 13.7.